The van der Waals surface area contributed by atoms with Gasteiger partial charge in [-0.15, -0.1) is 0 Å². The summed E-state index contributed by atoms with van der Waals surface area (Å²) in [5, 5.41) is 12.9. The first kappa shape index (κ1) is 13.9. The van der Waals surface area contributed by atoms with E-state index in [1.54, 1.807) is 23.6 Å². The van der Waals surface area contributed by atoms with E-state index >= 15 is 0 Å². The Morgan fingerprint density at radius 3 is 2.58 bits per heavy atom. The van der Waals surface area contributed by atoms with Crippen molar-refractivity contribution in [2.24, 2.45) is 0 Å². The molecule has 1 heterocycles. The highest BCUT2D eigenvalue weighted by Crippen LogP contribution is 2.35. The van der Waals surface area contributed by atoms with Crippen molar-refractivity contribution < 1.29 is 23.0 Å². The van der Waals surface area contributed by atoms with Crippen molar-refractivity contribution in [3.63, 3.8) is 0 Å². The van der Waals surface area contributed by atoms with Crippen LogP contribution in [0.15, 0.2) is 35.0 Å². The van der Waals surface area contributed by atoms with E-state index in [0.717, 1.165) is 5.56 Å². The fourth-order valence-electron chi connectivity index (χ4n) is 1.72. The fraction of sp³-hybridized carbons (Fsp3) is 0.231. The third kappa shape index (κ3) is 3.48. The number of aliphatic hydroxyl groups excluding tert-OH is 1. The molecule has 19 heavy (non-hydrogen) atoms. The number of alkyl halides is 3. The molecule has 0 spiro atoms. The maximum Gasteiger partial charge on any atom is 0.422 e. The minimum Gasteiger partial charge on any atom is -0.483 e. The molecule has 1 aromatic heterocycles. The number of thiophene rings is 1. The molecule has 0 bridgehead atoms. The van der Waals surface area contributed by atoms with E-state index in [9.17, 15) is 18.3 Å². The van der Waals surface area contributed by atoms with Gasteiger partial charge in [0.25, 0.3) is 0 Å². The van der Waals surface area contributed by atoms with Gasteiger partial charge in [-0.3, -0.25) is 0 Å². The summed E-state index contributed by atoms with van der Waals surface area (Å²) in [5.74, 6) is 0.127. The largest absolute Gasteiger partial charge is 0.483 e. The number of halogens is 3. The van der Waals surface area contributed by atoms with Crippen LogP contribution in [0.3, 0.4) is 0 Å². The predicted molar refractivity (Wildman–Crippen MR) is 67.2 cm³/mol. The maximum atomic E-state index is 12.2. The Morgan fingerprint density at radius 1 is 1.21 bits per heavy atom. The topological polar surface area (TPSA) is 29.5 Å². The molecule has 2 aromatic rings. The van der Waals surface area contributed by atoms with Gasteiger partial charge in [-0.05, 0) is 34.0 Å². The zero-order valence-corrected chi connectivity index (χ0v) is 10.6. The summed E-state index contributed by atoms with van der Waals surface area (Å²) in [6.45, 7) is -1.60. The monoisotopic (exact) mass is 288 g/mol. The van der Waals surface area contributed by atoms with Gasteiger partial charge in [0, 0.05) is 5.56 Å². The van der Waals surface area contributed by atoms with E-state index < -0.39 is 12.8 Å². The molecule has 2 rings (SSSR count). The second-order valence-corrected chi connectivity index (χ2v) is 4.64. The van der Waals surface area contributed by atoms with Crippen molar-refractivity contribution in [2.75, 3.05) is 6.61 Å². The molecular formula is C13H11F3O2S. The van der Waals surface area contributed by atoms with Crippen LogP contribution in [0, 0.1) is 0 Å². The van der Waals surface area contributed by atoms with Gasteiger partial charge in [-0.25, -0.2) is 0 Å². The highest BCUT2D eigenvalue weighted by atomic mass is 32.1. The first-order valence-corrected chi connectivity index (χ1v) is 6.40. The van der Waals surface area contributed by atoms with E-state index in [2.05, 4.69) is 0 Å². The van der Waals surface area contributed by atoms with E-state index in [4.69, 9.17) is 4.74 Å². The van der Waals surface area contributed by atoms with Crippen molar-refractivity contribution in [1.82, 2.24) is 0 Å². The van der Waals surface area contributed by atoms with Crippen LogP contribution in [0.25, 0.3) is 11.1 Å². The lowest BCUT2D eigenvalue weighted by Gasteiger charge is -2.15. The molecule has 0 aliphatic heterocycles. The Balaban J connectivity index is 2.38. The van der Waals surface area contributed by atoms with Crippen LogP contribution in [-0.4, -0.2) is 17.9 Å². The molecule has 0 radical (unpaired) electrons. The van der Waals surface area contributed by atoms with Crippen molar-refractivity contribution in [1.29, 1.82) is 0 Å². The number of hydrogen-bond acceptors (Lipinski definition) is 3. The lowest BCUT2D eigenvalue weighted by atomic mass is 10.0. The molecule has 0 aliphatic carbocycles. The Hall–Kier alpha value is -1.53. The van der Waals surface area contributed by atoms with Gasteiger partial charge in [0.05, 0.1) is 6.61 Å². The van der Waals surface area contributed by atoms with Crippen LogP contribution >= 0.6 is 11.3 Å². The Morgan fingerprint density at radius 2 is 2.00 bits per heavy atom. The summed E-state index contributed by atoms with van der Waals surface area (Å²) in [4.78, 5) is 0. The number of rotatable bonds is 4. The molecule has 6 heteroatoms. The second-order valence-electron chi connectivity index (χ2n) is 3.86. The highest BCUT2D eigenvalue weighted by molar-refractivity contribution is 7.08. The molecule has 0 unspecified atom stereocenters. The van der Waals surface area contributed by atoms with Gasteiger partial charge in [-0.1, -0.05) is 12.1 Å². The molecule has 0 saturated heterocycles. The summed E-state index contributed by atoms with van der Waals surface area (Å²) in [6, 6.07) is 6.47. The molecule has 0 amide bonds. The summed E-state index contributed by atoms with van der Waals surface area (Å²) < 4.78 is 41.5. The molecule has 0 fully saturated rings. The van der Waals surface area contributed by atoms with E-state index in [1.807, 2.05) is 5.38 Å². The molecular weight excluding hydrogens is 277 g/mol. The van der Waals surface area contributed by atoms with Gasteiger partial charge in [0.1, 0.15) is 5.75 Å². The first-order chi connectivity index (χ1) is 9.01. The molecule has 0 saturated carbocycles. The average Bonchev–Trinajstić information content (AvgIpc) is 2.88. The summed E-state index contributed by atoms with van der Waals surface area (Å²) in [5.41, 5.74) is 1.79. The van der Waals surface area contributed by atoms with E-state index in [1.165, 1.54) is 17.4 Å². The van der Waals surface area contributed by atoms with Crippen molar-refractivity contribution in [3.8, 4) is 16.9 Å². The maximum absolute atomic E-state index is 12.2. The molecule has 1 aromatic carbocycles. The smallest absolute Gasteiger partial charge is 0.422 e. The van der Waals surface area contributed by atoms with Gasteiger partial charge in [-0.2, -0.15) is 24.5 Å². The highest BCUT2D eigenvalue weighted by Gasteiger charge is 2.29. The zero-order valence-electron chi connectivity index (χ0n) is 9.78. The van der Waals surface area contributed by atoms with Crippen LogP contribution in [0.2, 0.25) is 0 Å². The summed E-state index contributed by atoms with van der Waals surface area (Å²) in [7, 11) is 0. The normalized spacial score (nSPS) is 11.6. The van der Waals surface area contributed by atoms with Crippen molar-refractivity contribution >= 4 is 11.3 Å². The Labute approximate surface area is 112 Å². The number of aliphatic hydroxyl groups is 1. The van der Waals surface area contributed by atoms with E-state index in [0.29, 0.717) is 11.1 Å². The standard InChI is InChI=1S/C13H11F3O2S/c14-13(15,16)8-18-11-3-1-2-9(6-17)12(11)10-4-5-19-7-10/h1-5,7,17H,6,8H2. The number of ether oxygens (including phenoxy) is 1. The second kappa shape index (κ2) is 5.63. The van der Waals surface area contributed by atoms with E-state index in [-0.39, 0.29) is 12.4 Å². The molecule has 0 aliphatic rings. The first-order valence-electron chi connectivity index (χ1n) is 5.46. The van der Waals surface area contributed by atoms with Gasteiger partial charge < -0.3 is 9.84 Å². The fourth-order valence-corrected chi connectivity index (χ4v) is 2.37. The van der Waals surface area contributed by atoms with Gasteiger partial charge in [0.2, 0.25) is 0 Å². The van der Waals surface area contributed by atoms with Gasteiger partial charge in [0.15, 0.2) is 6.61 Å². The molecule has 1 N–H and O–H groups in total. The Bertz CT molecular complexity index is 535. The molecule has 102 valence electrons. The van der Waals surface area contributed by atoms with Crippen LogP contribution in [0.4, 0.5) is 13.2 Å². The van der Waals surface area contributed by atoms with Crippen LogP contribution in [0.5, 0.6) is 5.75 Å². The van der Waals surface area contributed by atoms with Crippen molar-refractivity contribution in [3.05, 3.63) is 40.6 Å². The minimum atomic E-state index is -4.39. The summed E-state index contributed by atoms with van der Waals surface area (Å²) >= 11 is 1.43. The summed E-state index contributed by atoms with van der Waals surface area (Å²) in [6.07, 6.45) is -4.39. The third-order valence-corrected chi connectivity index (χ3v) is 3.17. The predicted octanol–water partition coefficient (Wildman–Crippen LogP) is 3.85. The molecule has 2 nitrogen and oxygen atoms in total. The van der Waals surface area contributed by atoms with Crippen LogP contribution in [0.1, 0.15) is 5.56 Å². The number of benzene rings is 1. The SMILES string of the molecule is OCc1cccc(OCC(F)(F)F)c1-c1ccsc1. The third-order valence-electron chi connectivity index (χ3n) is 2.48. The lowest BCUT2D eigenvalue weighted by Crippen LogP contribution is -2.19. The lowest BCUT2D eigenvalue weighted by molar-refractivity contribution is -0.153. The Kier molecular flexibility index (Phi) is 4.11. The van der Waals surface area contributed by atoms with Gasteiger partial charge >= 0.3 is 6.18 Å². The van der Waals surface area contributed by atoms with Crippen molar-refractivity contribution in [2.45, 2.75) is 12.8 Å². The quantitative estimate of drug-likeness (QED) is 0.926. The van der Waals surface area contributed by atoms with Crippen LogP contribution < -0.4 is 4.74 Å². The van der Waals surface area contributed by atoms with Crippen LogP contribution in [-0.2, 0) is 6.61 Å². The molecule has 0 atom stereocenters. The zero-order chi connectivity index (χ0) is 13.9. The average molecular weight is 288 g/mol. The number of hydrogen-bond donors (Lipinski definition) is 1. The minimum absolute atomic E-state index is 0.127.